The number of carbonyl (C=O) groups excluding carboxylic acids is 2. The molecule has 0 spiro atoms. The summed E-state index contributed by atoms with van der Waals surface area (Å²) < 4.78 is 0. The van der Waals surface area contributed by atoms with Crippen LogP contribution in [0.4, 0.5) is 0 Å². The molecule has 13 heavy (non-hydrogen) atoms. The molecule has 0 aromatic carbocycles. The number of nitrogens with zero attached hydrogens (tertiary/aromatic N) is 2. The molecule has 0 saturated carbocycles. The minimum atomic E-state index is -0.542. The summed E-state index contributed by atoms with van der Waals surface area (Å²) in [7, 11) is 1.50. The number of nitrogens with two attached hydrogens (primary N) is 1. The highest BCUT2D eigenvalue weighted by molar-refractivity contribution is 5.95. The molecule has 6 heteroatoms. The molecule has 0 aliphatic rings. The lowest BCUT2D eigenvalue weighted by molar-refractivity contribution is -0.118. The van der Waals surface area contributed by atoms with Gasteiger partial charge in [0.1, 0.15) is 0 Å². The summed E-state index contributed by atoms with van der Waals surface area (Å²) in [6, 6.07) is 0. The lowest BCUT2D eigenvalue weighted by atomic mass is 10.3. The van der Waals surface area contributed by atoms with Gasteiger partial charge in [0.2, 0.25) is 5.91 Å². The van der Waals surface area contributed by atoms with Crippen LogP contribution in [0.15, 0.2) is 12.4 Å². The third-order valence-corrected chi connectivity index (χ3v) is 1.48. The molecule has 2 amide bonds. The number of hydrogen-bond donors (Lipinski definition) is 2. The summed E-state index contributed by atoms with van der Waals surface area (Å²) in [5, 5.41) is 6.12. The lowest BCUT2D eigenvalue weighted by Crippen LogP contribution is -2.35. The van der Waals surface area contributed by atoms with Crippen molar-refractivity contribution in [2.24, 2.45) is 5.73 Å². The van der Waals surface area contributed by atoms with Crippen molar-refractivity contribution in [3.63, 3.8) is 0 Å². The summed E-state index contributed by atoms with van der Waals surface area (Å²) in [5.41, 5.74) is 5.33. The van der Waals surface area contributed by atoms with E-state index in [4.69, 9.17) is 5.73 Å². The van der Waals surface area contributed by atoms with Crippen LogP contribution < -0.4 is 5.73 Å². The Morgan fingerprint density at radius 1 is 1.69 bits per heavy atom. The third-order valence-electron chi connectivity index (χ3n) is 1.48. The number of hydrogen-bond acceptors (Lipinski definition) is 3. The number of aromatic nitrogens is 2. The summed E-state index contributed by atoms with van der Waals surface area (Å²) >= 11 is 0. The molecule has 0 saturated heterocycles. The second-order valence-electron chi connectivity index (χ2n) is 2.61. The quantitative estimate of drug-likeness (QED) is 0.625. The van der Waals surface area contributed by atoms with Crippen LogP contribution in [0.25, 0.3) is 0 Å². The Balaban J connectivity index is 2.63. The Labute approximate surface area is 74.7 Å². The fraction of sp³-hybridized carbons (Fsp3) is 0.286. The van der Waals surface area contributed by atoms with Gasteiger partial charge in [-0.1, -0.05) is 0 Å². The number of amides is 2. The Morgan fingerprint density at radius 2 is 2.38 bits per heavy atom. The predicted molar refractivity (Wildman–Crippen MR) is 44.7 cm³/mol. The second-order valence-corrected chi connectivity index (χ2v) is 2.61. The number of aromatic amines is 1. The summed E-state index contributed by atoms with van der Waals surface area (Å²) in [6.07, 6.45) is 2.85. The summed E-state index contributed by atoms with van der Waals surface area (Å²) in [4.78, 5) is 23.1. The van der Waals surface area contributed by atoms with E-state index >= 15 is 0 Å². The van der Waals surface area contributed by atoms with Crippen molar-refractivity contribution in [3.8, 4) is 0 Å². The van der Waals surface area contributed by atoms with Gasteiger partial charge in [0.05, 0.1) is 18.3 Å². The molecule has 1 aromatic heterocycles. The van der Waals surface area contributed by atoms with Gasteiger partial charge < -0.3 is 10.6 Å². The monoisotopic (exact) mass is 182 g/mol. The largest absolute Gasteiger partial charge is 0.368 e. The molecule has 0 aliphatic heterocycles. The van der Waals surface area contributed by atoms with Crippen molar-refractivity contribution < 1.29 is 9.59 Å². The normalized spacial score (nSPS) is 9.62. The molecular formula is C7H10N4O2. The van der Waals surface area contributed by atoms with E-state index < -0.39 is 5.91 Å². The minimum absolute atomic E-state index is 0.0932. The molecule has 0 aliphatic carbocycles. The molecule has 0 radical (unpaired) electrons. The van der Waals surface area contributed by atoms with E-state index in [1.165, 1.54) is 24.3 Å². The van der Waals surface area contributed by atoms with Crippen LogP contribution in [-0.4, -0.2) is 40.5 Å². The van der Waals surface area contributed by atoms with Gasteiger partial charge in [-0.15, -0.1) is 0 Å². The molecule has 0 unspecified atom stereocenters. The molecule has 0 fully saturated rings. The van der Waals surface area contributed by atoms with Gasteiger partial charge in [-0.25, -0.2) is 0 Å². The number of rotatable bonds is 3. The van der Waals surface area contributed by atoms with Crippen molar-refractivity contribution in [2.75, 3.05) is 13.6 Å². The predicted octanol–water partition coefficient (Wildman–Crippen LogP) is -1.03. The number of likely N-dealkylation sites (N-methyl/N-ethyl adjacent to an activating group) is 1. The van der Waals surface area contributed by atoms with Crippen LogP contribution >= 0.6 is 0 Å². The number of H-pyrrole nitrogens is 1. The molecule has 1 aromatic rings. The highest BCUT2D eigenvalue weighted by atomic mass is 16.2. The number of primary amides is 1. The van der Waals surface area contributed by atoms with Crippen molar-refractivity contribution >= 4 is 11.8 Å². The van der Waals surface area contributed by atoms with E-state index in [0.717, 1.165) is 0 Å². The van der Waals surface area contributed by atoms with Gasteiger partial charge in [0.25, 0.3) is 5.91 Å². The zero-order valence-electron chi connectivity index (χ0n) is 7.15. The van der Waals surface area contributed by atoms with Crippen LogP contribution in [0.3, 0.4) is 0 Å². The average molecular weight is 182 g/mol. The van der Waals surface area contributed by atoms with Crippen molar-refractivity contribution in [3.05, 3.63) is 18.0 Å². The highest BCUT2D eigenvalue weighted by Gasteiger charge is 2.13. The van der Waals surface area contributed by atoms with Crippen LogP contribution in [-0.2, 0) is 4.79 Å². The van der Waals surface area contributed by atoms with Crippen molar-refractivity contribution in [1.29, 1.82) is 0 Å². The Hall–Kier alpha value is -1.85. The van der Waals surface area contributed by atoms with E-state index in [9.17, 15) is 9.59 Å². The van der Waals surface area contributed by atoms with Crippen LogP contribution in [0, 0.1) is 0 Å². The molecule has 0 bridgehead atoms. The van der Waals surface area contributed by atoms with Gasteiger partial charge in [0, 0.05) is 13.2 Å². The van der Waals surface area contributed by atoms with Gasteiger partial charge in [-0.05, 0) is 0 Å². The smallest absolute Gasteiger partial charge is 0.257 e. The average Bonchev–Trinajstić information content (AvgIpc) is 2.53. The Morgan fingerprint density at radius 3 is 2.85 bits per heavy atom. The van der Waals surface area contributed by atoms with Crippen LogP contribution in [0.2, 0.25) is 0 Å². The lowest BCUT2D eigenvalue weighted by Gasteiger charge is -2.13. The molecule has 3 N–H and O–H groups in total. The van der Waals surface area contributed by atoms with Crippen LogP contribution in [0.5, 0.6) is 0 Å². The van der Waals surface area contributed by atoms with Gasteiger partial charge in [-0.3, -0.25) is 14.7 Å². The fourth-order valence-electron chi connectivity index (χ4n) is 0.894. The zero-order valence-corrected chi connectivity index (χ0v) is 7.15. The minimum Gasteiger partial charge on any atom is -0.368 e. The van der Waals surface area contributed by atoms with E-state index in [1.54, 1.807) is 0 Å². The van der Waals surface area contributed by atoms with Crippen molar-refractivity contribution in [1.82, 2.24) is 15.1 Å². The fourth-order valence-corrected chi connectivity index (χ4v) is 0.894. The molecule has 0 atom stereocenters. The maximum absolute atomic E-state index is 11.4. The molecule has 70 valence electrons. The topological polar surface area (TPSA) is 92.1 Å². The maximum atomic E-state index is 11.4. The maximum Gasteiger partial charge on any atom is 0.257 e. The molecule has 6 nitrogen and oxygen atoms in total. The standard InChI is InChI=1S/C7H10N4O2/c1-11(4-6(8)12)7(13)5-2-9-10-3-5/h2-3H,4H2,1H3,(H2,8,12)(H,9,10). The number of carbonyl (C=O) groups is 2. The zero-order chi connectivity index (χ0) is 9.84. The summed E-state index contributed by atoms with van der Waals surface area (Å²) in [5.74, 6) is -0.827. The van der Waals surface area contributed by atoms with E-state index in [1.807, 2.05) is 0 Å². The summed E-state index contributed by atoms with van der Waals surface area (Å²) in [6.45, 7) is -0.0932. The van der Waals surface area contributed by atoms with E-state index in [0.29, 0.717) is 5.56 Å². The highest BCUT2D eigenvalue weighted by Crippen LogP contribution is 1.98. The van der Waals surface area contributed by atoms with Gasteiger partial charge >= 0.3 is 0 Å². The number of nitrogens with one attached hydrogen (secondary N) is 1. The van der Waals surface area contributed by atoms with Crippen LogP contribution in [0.1, 0.15) is 10.4 Å². The van der Waals surface area contributed by atoms with E-state index in [2.05, 4.69) is 10.2 Å². The van der Waals surface area contributed by atoms with Crippen molar-refractivity contribution in [2.45, 2.75) is 0 Å². The first-order chi connectivity index (χ1) is 6.11. The van der Waals surface area contributed by atoms with Gasteiger partial charge in [0.15, 0.2) is 0 Å². The van der Waals surface area contributed by atoms with Gasteiger partial charge in [-0.2, -0.15) is 5.10 Å². The first-order valence-corrected chi connectivity index (χ1v) is 3.64. The first-order valence-electron chi connectivity index (χ1n) is 3.64. The Kier molecular flexibility index (Phi) is 2.63. The molecule has 1 heterocycles. The third kappa shape index (κ3) is 2.29. The Bertz CT molecular complexity index is 306. The second kappa shape index (κ2) is 3.70. The van der Waals surface area contributed by atoms with E-state index in [-0.39, 0.29) is 12.5 Å². The molecule has 1 rings (SSSR count). The first kappa shape index (κ1) is 9.24. The molecular weight excluding hydrogens is 172 g/mol. The SMILES string of the molecule is CN(CC(N)=O)C(=O)c1cn[nH]c1.